The van der Waals surface area contributed by atoms with E-state index in [2.05, 4.69) is 26.1 Å². The number of benzene rings is 1. The van der Waals surface area contributed by atoms with Gasteiger partial charge in [-0.25, -0.2) is 0 Å². The minimum atomic E-state index is 0.742. The molecule has 2 aromatic rings. The molecule has 0 saturated carbocycles. The van der Waals surface area contributed by atoms with E-state index in [1.807, 2.05) is 18.2 Å². The molecule has 2 rings (SSSR count). The van der Waals surface area contributed by atoms with Crippen molar-refractivity contribution < 1.29 is 4.74 Å². The number of hydrogen-bond donors (Lipinski definition) is 0. The van der Waals surface area contributed by atoms with Gasteiger partial charge < -0.3 is 4.74 Å². The minimum Gasteiger partial charge on any atom is -0.494 e. The van der Waals surface area contributed by atoms with Gasteiger partial charge in [-0.05, 0) is 18.2 Å². The fourth-order valence-corrected chi connectivity index (χ4v) is 1.53. The number of fused-ring (bicyclic) bond motifs is 1. The highest BCUT2D eigenvalue weighted by molar-refractivity contribution is 9.10. The van der Waals surface area contributed by atoms with Crippen molar-refractivity contribution in [1.82, 2.24) is 10.2 Å². The summed E-state index contributed by atoms with van der Waals surface area (Å²) in [5.41, 5.74) is 0.836. The van der Waals surface area contributed by atoms with Crippen molar-refractivity contribution in [3.8, 4) is 5.75 Å². The van der Waals surface area contributed by atoms with Crippen LogP contribution in [0.2, 0.25) is 0 Å². The molecule has 1 heterocycles. The van der Waals surface area contributed by atoms with Crippen LogP contribution in [0.15, 0.2) is 28.9 Å². The molecule has 1 aromatic carbocycles. The Bertz CT molecular complexity index is 445. The van der Waals surface area contributed by atoms with Gasteiger partial charge in [0.1, 0.15) is 5.75 Å². The largest absolute Gasteiger partial charge is 0.494 e. The molecule has 0 saturated heterocycles. The number of hydrogen-bond acceptors (Lipinski definition) is 3. The normalized spacial score (nSPS) is 10.3. The third kappa shape index (κ3) is 1.49. The zero-order valence-electron chi connectivity index (χ0n) is 6.99. The maximum Gasteiger partial charge on any atom is 0.148 e. The first-order chi connectivity index (χ1) is 6.31. The standard InChI is InChI=1S/C9H7BrN2O/c1-13-9-5-11-12-8-3-2-6(10)4-7(8)9/h2-5H,1H3. The van der Waals surface area contributed by atoms with Gasteiger partial charge in [0.15, 0.2) is 0 Å². The summed E-state index contributed by atoms with van der Waals surface area (Å²) in [5.74, 6) is 0.742. The predicted octanol–water partition coefficient (Wildman–Crippen LogP) is 2.40. The van der Waals surface area contributed by atoms with E-state index >= 15 is 0 Å². The number of methoxy groups -OCH3 is 1. The number of nitrogens with zero attached hydrogens (tertiary/aromatic N) is 2. The van der Waals surface area contributed by atoms with Gasteiger partial charge in [-0.2, -0.15) is 10.2 Å². The molecule has 3 nitrogen and oxygen atoms in total. The van der Waals surface area contributed by atoms with Crippen LogP contribution in [0, 0.1) is 0 Å². The average molecular weight is 239 g/mol. The van der Waals surface area contributed by atoms with Crippen LogP contribution in [-0.4, -0.2) is 17.3 Å². The molecule has 0 bridgehead atoms. The van der Waals surface area contributed by atoms with Gasteiger partial charge in [0, 0.05) is 9.86 Å². The van der Waals surface area contributed by atoms with E-state index in [1.54, 1.807) is 13.3 Å². The summed E-state index contributed by atoms with van der Waals surface area (Å²) < 4.78 is 6.16. The molecule has 0 N–H and O–H groups in total. The highest BCUT2D eigenvalue weighted by atomic mass is 79.9. The summed E-state index contributed by atoms with van der Waals surface area (Å²) >= 11 is 3.39. The van der Waals surface area contributed by atoms with Crippen LogP contribution in [0.25, 0.3) is 10.9 Å². The first-order valence-electron chi connectivity index (χ1n) is 3.76. The SMILES string of the molecule is COc1cnnc2ccc(Br)cc12. The molecule has 13 heavy (non-hydrogen) atoms. The van der Waals surface area contributed by atoms with E-state index in [9.17, 15) is 0 Å². The van der Waals surface area contributed by atoms with E-state index < -0.39 is 0 Å². The fraction of sp³-hybridized carbons (Fsp3) is 0.111. The molecule has 0 unspecified atom stereocenters. The van der Waals surface area contributed by atoms with E-state index in [0.717, 1.165) is 21.1 Å². The van der Waals surface area contributed by atoms with Gasteiger partial charge in [0.25, 0.3) is 0 Å². The van der Waals surface area contributed by atoms with Crippen molar-refractivity contribution in [2.24, 2.45) is 0 Å². The molecular formula is C9H7BrN2O. The molecular weight excluding hydrogens is 232 g/mol. The lowest BCUT2D eigenvalue weighted by Crippen LogP contribution is -1.89. The van der Waals surface area contributed by atoms with E-state index in [-0.39, 0.29) is 0 Å². The highest BCUT2D eigenvalue weighted by Gasteiger charge is 2.02. The molecule has 0 aliphatic carbocycles. The summed E-state index contributed by atoms with van der Waals surface area (Å²) in [4.78, 5) is 0. The van der Waals surface area contributed by atoms with Crippen molar-refractivity contribution in [3.63, 3.8) is 0 Å². The first-order valence-corrected chi connectivity index (χ1v) is 4.55. The Kier molecular flexibility index (Phi) is 2.14. The molecule has 0 aliphatic rings. The molecule has 0 spiro atoms. The van der Waals surface area contributed by atoms with Crippen LogP contribution in [-0.2, 0) is 0 Å². The Hall–Kier alpha value is -1.16. The maximum atomic E-state index is 5.16. The summed E-state index contributed by atoms with van der Waals surface area (Å²) in [6.07, 6.45) is 1.61. The molecule has 0 atom stereocenters. The Balaban J connectivity index is 2.79. The minimum absolute atomic E-state index is 0.742. The van der Waals surface area contributed by atoms with Crippen LogP contribution in [0.1, 0.15) is 0 Å². The quantitative estimate of drug-likeness (QED) is 0.766. The molecule has 66 valence electrons. The summed E-state index contributed by atoms with van der Waals surface area (Å²) in [5, 5.41) is 8.77. The average Bonchev–Trinajstić information content (AvgIpc) is 2.17. The monoisotopic (exact) mass is 238 g/mol. The Labute approximate surface area is 83.9 Å². The highest BCUT2D eigenvalue weighted by Crippen LogP contribution is 2.25. The second kappa shape index (κ2) is 3.30. The van der Waals surface area contributed by atoms with Crippen molar-refractivity contribution in [2.75, 3.05) is 7.11 Å². The lowest BCUT2D eigenvalue weighted by molar-refractivity contribution is 0.417. The zero-order chi connectivity index (χ0) is 9.26. The second-order valence-corrected chi connectivity index (χ2v) is 3.49. The first kappa shape index (κ1) is 8.44. The van der Waals surface area contributed by atoms with Gasteiger partial charge in [-0.15, -0.1) is 0 Å². The lowest BCUT2D eigenvalue weighted by atomic mass is 10.2. The Morgan fingerprint density at radius 3 is 3.00 bits per heavy atom. The van der Waals surface area contributed by atoms with Gasteiger partial charge in [0.05, 0.1) is 18.8 Å². The number of rotatable bonds is 1. The molecule has 0 amide bonds. The topological polar surface area (TPSA) is 35.0 Å². The van der Waals surface area contributed by atoms with Crippen LogP contribution >= 0.6 is 15.9 Å². The maximum absolute atomic E-state index is 5.16. The number of ether oxygens (including phenoxy) is 1. The van der Waals surface area contributed by atoms with Crippen molar-refractivity contribution >= 4 is 26.8 Å². The van der Waals surface area contributed by atoms with E-state index in [1.165, 1.54) is 0 Å². The Morgan fingerprint density at radius 1 is 1.38 bits per heavy atom. The van der Waals surface area contributed by atoms with Crippen LogP contribution in [0.5, 0.6) is 5.75 Å². The summed E-state index contributed by atoms with van der Waals surface area (Å²) in [6, 6.07) is 5.79. The molecule has 4 heteroatoms. The van der Waals surface area contributed by atoms with Crippen LogP contribution < -0.4 is 4.74 Å². The predicted molar refractivity (Wildman–Crippen MR) is 53.8 cm³/mol. The van der Waals surface area contributed by atoms with Crippen molar-refractivity contribution in [3.05, 3.63) is 28.9 Å². The number of halogens is 1. The van der Waals surface area contributed by atoms with Gasteiger partial charge >= 0.3 is 0 Å². The zero-order valence-corrected chi connectivity index (χ0v) is 8.58. The van der Waals surface area contributed by atoms with Gasteiger partial charge in [-0.3, -0.25) is 0 Å². The lowest BCUT2D eigenvalue weighted by Gasteiger charge is -2.02. The summed E-state index contributed by atoms with van der Waals surface area (Å²) in [6.45, 7) is 0. The van der Waals surface area contributed by atoms with Crippen LogP contribution in [0.3, 0.4) is 0 Å². The molecule has 0 radical (unpaired) electrons. The van der Waals surface area contributed by atoms with Crippen LogP contribution in [0.4, 0.5) is 0 Å². The van der Waals surface area contributed by atoms with E-state index in [0.29, 0.717) is 0 Å². The number of aromatic nitrogens is 2. The smallest absolute Gasteiger partial charge is 0.148 e. The second-order valence-electron chi connectivity index (χ2n) is 2.57. The summed E-state index contributed by atoms with van der Waals surface area (Å²) in [7, 11) is 1.62. The fourth-order valence-electron chi connectivity index (χ4n) is 1.17. The van der Waals surface area contributed by atoms with Crippen molar-refractivity contribution in [1.29, 1.82) is 0 Å². The molecule has 0 fully saturated rings. The Morgan fingerprint density at radius 2 is 2.23 bits per heavy atom. The molecule has 0 aliphatic heterocycles. The third-order valence-corrected chi connectivity index (χ3v) is 2.28. The third-order valence-electron chi connectivity index (χ3n) is 1.78. The van der Waals surface area contributed by atoms with Gasteiger partial charge in [-0.1, -0.05) is 15.9 Å². The van der Waals surface area contributed by atoms with E-state index in [4.69, 9.17) is 4.74 Å². The molecule has 1 aromatic heterocycles. The van der Waals surface area contributed by atoms with Gasteiger partial charge in [0.2, 0.25) is 0 Å². The van der Waals surface area contributed by atoms with Crippen molar-refractivity contribution in [2.45, 2.75) is 0 Å².